The SMILES string of the molecule is O=[N+]([O-])c1c(Nc2nccs2)ncnc1Sc1cccc2cccnc12. The number of aromatic nitrogens is 4. The summed E-state index contributed by atoms with van der Waals surface area (Å²) in [6.07, 6.45) is 4.59. The topological polar surface area (TPSA) is 107 Å². The van der Waals surface area contributed by atoms with Gasteiger partial charge < -0.3 is 5.32 Å². The average molecular weight is 382 g/mol. The predicted molar refractivity (Wildman–Crippen MR) is 99.9 cm³/mol. The number of fused-ring (bicyclic) bond motifs is 1. The monoisotopic (exact) mass is 382 g/mol. The van der Waals surface area contributed by atoms with Gasteiger partial charge in [0.05, 0.1) is 10.4 Å². The van der Waals surface area contributed by atoms with Crippen molar-refractivity contribution in [3.63, 3.8) is 0 Å². The molecular weight excluding hydrogens is 372 g/mol. The zero-order chi connectivity index (χ0) is 17.9. The first kappa shape index (κ1) is 16.4. The first-order valence-corrected chi connectivity index (χ1v) is 9.09. The van der Waals surface area contributed by atoms with Crippen LogP contribution in [0.25, 0.3) is 10.9 Å². The number of para-hydroxylation sites is 1. The fourth-order valence-electron chi connectivity index (χ4n) is 2.34. The quantitative estimate of drug-likeness (QED) is 0.309. The molecule has 0 aliphatic rings. The molecule has 8 nitrogen and oxygen atoms in total. The minimum Gasteiger partial charge on any atom is -0.310 e. The van der Waals surface area contributed by atoms with Crippen LogP contribution in [0.1, 0.15) is 0 Å². The molecule has 0 saturated carbocycles. The maximum Gasteiger partial charge on any atom is 0.344 e. The molecule has 0 amide bonds. The number of nitro groups is 1. The maximum absolute atomic E-state index is 11.7. The van der Waals surface area contributed by atoms with Crippen LogP contribution in [-0.4, -0.2) is 24.9 Å². The van der Waals surface area contributed by atoms with Crippen LogP contribution in [-0.2, 0) is 0 Å². The number of benzene rings is 1. The summed E-state index contributed by atoms with van der Waals surface area (Å²) in [5.41, 5.74) is 0.572. The molecule has 1 N–H and O–H groups in total. The highest BCUT2D eigenvalue weighted by molar-refractivity contribution is 7.99. The van der Waals surface area contributed by atoms with Gasteiger partial charge in [-0.25, -0.2) is 15.0 Å². The van der Waals surface area contributed by atoms with E-state index in [0.29, 0.717) is 5.13 Å². The standard InChI is InChI=1S/C16H10N6O2S2/c23-22(24)13-14(21-16-18-7-8-25-16)19-9-20-15(13)26-11-5-1-3-10-4-2-6-17-12(10)11/h1-9H,(H,18,19,20,21). The summed E-state index contributed by atoms with van der Waals surface area (Å²) in [6.45, 7) is 0. The molecule has 3 aromatic heterocycles. The largest absolute Gasteiger partial charge is 0.344 e. The second-order valence-electron chi connectivity index (χ2n) is 5.03. The second kappa shape index (κ2) is 7.02. The van der Waals surface area contributed by atoms with Crippen molar-refractivity contribution in [1.29, 1.82) is 0 Å². The van der Waals surface area contributed by atoms with E-state index in [1.807, 2.05) is 30.3 Å². The highest BCUT2D eigenvalue weighted by Crippen LogP contribution is 2.39. The van der Waals surface area contributed by atoms with Crippen molar-refractivity contribution in [1.82, 2.24) is 19.9 Å². The number of hydrogen-bond donors (Lipinski definition) is 1. The van der Waals surface area contributed by atoms with Crippen LogP contribution in [0, 0.1) is 10.1 Å². The van der Waals surface area contributed by atoms with Gasteiger partial charge in [0.15, 0.2) is 10.2 Å². The van der Waals surface area contributed by atoms with Crippen molar-refractivity contribution >= 4 is 50.6 Å². The summed E-state index contributed by atoms with van der Waals surface area (Å²) in [6, 6.07) is 9.47. The molecule has 4 rings (SSSR count). The average Bonchev–Trinajstić information content (AvgIpc) is 3.15. The van der Waals surface area contributed by atoms with E-state index in [1.165, 1.54) is 29.4 Å². The van der Waals surface area contributed by atoms with E-state index in [4.69, 9.17) is 0 Å². The first-order valence-electron chi connectivity index (χ1n) is 7.40. The first-order chi connectivity index (χ1) is 12.7. The molecule has 0 unspecified atom stereocenters. The zero-order valence-corrected chi connectivity index (χ0v) is 14.7. The van der Waals surface area contributed by atoms with Gasteiger partial charge in [0.1, 0.15) is 6.33 Å². The van der Waals surface area contributed by atoms with Crippen LogP contribution in [0.3, 0.4) is 0 Å². The second-order valence-corrected chi connectivity index (χ2v) is 6.95. The van der Waals surface area contributed by atoms with Gasteiger partial charge in [-0.15, -0.1) is 11.3 Å². The fourth-order valence-corrected chi connectivity index (χ4v) is 3.86. The normalized spacial score (nSPS) is 10.8. The summed E-state index contributed by atoms with van der Waals surface area (Å²) < 4.78 is 0. The lowest BCUT2D eigenvalue weighted by atomic mass is 10.2. The Bertz CT molecular complexity index is 1080. The molecule has 0 fully saturated rings. The molecule has 0 bridgehead atoms. The Labute approximate surface area is 155 Å². The molecule has 26 heavy (non-hydrogen) atoms. The Morgan fingerprint density at radius 2 is 1.96 bits per heavy atom. The van der Waals surface area contributed by atoms with Gasteiger partial charge in [-0.05, 0) is 12.1 Å². The van der Waals surface area contributed by atoms with Crippen molar-refractivity contribution in [2.45, 2.75) is 9.92 Å². The lowest BCUT2D eigenvalue weighted by molar-refractivity contribution is -0.387. The molecule has 128 valence electrons. The van der Waals surface area contributed by atoms with E-state index in [1.54, 1.807) is 17.8 Å². The summed E-state index contributed by atoms with van der Waals surface area (Å²) in [4.78, 5) is 28.5. The van der Waals surface area contributed by atoms with Gasteiger partial charge in [0.25, 0.3) is 0 Å². The Morgan fingerprint density at radius 1 is 1.08 bits per heavy atom. The zero-order valence-electron chi connectivity index (χ0n) is 13.1. The van der Waals surface area contributed by atoms with E-state index in [0.717, 1.165) is 15.8 Å². The van der Waals surface area contributed by atoms with E-state index < -0.39 is 4.92 Å². The Morgan fingerprint density at radius 3 is 2.77 bits per heavy atom. The van der Waals surface area contributed by atoms with Crippen LogP contribution in [0.15, 0.2) is 64.4 Å². The molecule has 0 atom stereocenters. The molecule has 0 aliphatic carbocycles. The van der Waals surface area contributed by atoms with Gasteiger partial charge in [-0.3, -0.25) is 15.1 Å². The van der Waals surface area contributed by atoms with Gasteiger partial charge in [0, 0.05) is 28.1 Å². The number of pyridine rings is 1. The van der Waals surface area contributed by atoms with Crippen molar-refractivity contribution < 1.29 is 4.92 Å². The van der Waals surface area contributed by atoms with E-state index in [2.05, 4.69) is 25.3 Å². The number of nitrogens with zero attached hydrogens (tertiary/aromatic N) is 5. The lowest BCUT2D eigenvalue weighted by Gasteiger charge is -2.08. The fraction of sp³-hybridized carbons (Fsp3) is 0. The minimum absolute atomic E-state index is 0.107. The van der Waals surface area contributed by atoms with Crippen LogP contribution in [0.5, 0.6) is 0 Å². The third-order valence-corrected chi connectivity index (χ3v) is 5.16. The van der Waals surface area contributed by atoms with E-state index in [9.17, 15) is 10.1 Å². The lowest BCUT2D eigenvalue weighted by Crippen LogP contribution is -2.02. The molecular formula is C16H10N6O2S2. The van der Waals surface area contributed by atoms with Crippen LogP contribution in [0.2, 0.25) is 0 Å². The van der Waals surface area contributed by atoms with Crippen molar-refractivity contribution in [3.8, 4) is 0 Å². The summed E-state index contributed by atoms with van der Waals surface area (Å²) >= 11 is 2.51. The smallest absolute Gasteiger partial charge is 0.310 e. The summed E-state index contributed by atoms with van der Waals surface area (Å²) in [5, 5.41) is 18.0. The number of hydrogen-bond acceptors (Lipinski definition) is 9. The molecule has 10 heteroatoms. The van der Waals surface area contributed by atoms with Gasteiger partial charge in [-0.2, -0.15) is 0 Å². The number of thiazole rings is 1. The van der Waals surface area contributed by atoms with Crippen molar-refractivity contribution in [3.05, 3.63) is 64.5 Å². The molecule has 0 spiro atoms. The Kier molecular flexibility index (Phi) is 4.42. The maximum atomic E-state index is 11.7. The van der Waals surface area contributed by atoms with E-state index in [-0.39, 0.29) is 16.5 Å². The van der Waals surface area contributed by atoms with Crippen molar-refractivity contribution in [2.24, 2.45) is 0 Å². The third-order valence-electron chi connectivity index (χ3n) is 3.43. The summed E-state index contributed by atoms with van der Waals surface area (Å²) in [7, 11) is 0. The molecule has 0 saturated heterocycles. The Hall–Kier alpha value is -3.11. The van der Waals surface area contributed by atoms with Gasteiger partial charge in [-0.1, -0.05) is 30.0 Å². The van der Waals surface area contributed by atoms with Gasteiger partial charge in [0.2, 0.25) is 5.82 Å². The molecule has 1 aromatic carbocycles. The number of rotatable bonds is 5. The van der Waals surface area contributed by atoms with Gasteiger partial charge >= 0.3 is 5.69 Å². The Balaban J connectivity index is 1.77. The highest BCUT2D eigenvalue weighted by atomic mass is 32.2. The van der Waals surface area contributed by atoms with E-state index >= 15 is 0 Å². The molecule has 4 aromatic rings. The molecule has 3 heterocycles. The number of anilines is 2. The predicted octanol–water partition coefficient (Wildman–Crippen LogP) is 4.28. The third kappa shape index (κ3) is 3.19. The molecule has 0 radical (unpaired) electrons. The van der Waals surface area contributed by atoms with Crippen LogP contribution >= 0.6 is 23.1 Å². The van der Waals surface area contributed by atoms with Crippen molar-refractivity contribution in [2.75, 3.05) is 5.32 Å². The molecule has 0 aliphatic heterocycles. The highest BCUT2D eigenvalue weighted by Gasteiger charge is 2.25. The summed E-state index contributed by atoms with van der Waals surface area (Å²) in [5.74, 6) is 0.107. The minimum atomic E-state index is -0.489. The number of nitrogens with one attached hydrogen (secondary N) is 1. The van der Waals surface area contributed by atoms with Crippen LogP contribution < -0.4 is 5.32 Å². The van der Waals surface area contributed by atoms with Crippen LogP contribution in [0.4, 0.5) is 16.6 Å².